The van der Waals surface area contributed by atoms with Gasteiger partial charge in [0.1, 0.15) is 4.90 Å². The first-order valence-corrected chi connectivity index (χ1v) is 9.75. The van der Waals surface area contributed by atoms with E-state index in [9.17, 15) is 18.0 Å². The van der Waals surface area contributed by atoms with Gasteiger partial charge in [0.25, 0.3) is 0 Å². The number of sulfonamides is 1. The smallest absolute Gasteiger partial charge is 0.339 e. The highest BCUT2D eigenvalue weighted by molar-refractivity contribution is 7.89. The van der Waals surface area contributed by atoms with Gasteiger partial charge in [-0.2, -0.15) is 4.31 Å². The van der Waals surface area contributed by atoms with Crippen LogP contribution in [0.1, 0.15) is 10.4 Å². The quantitative estimate of drug-likeness (QED) is 0.710. The van der Waals surface area contributed by atoms with E-state index >= 15 is 0 Å². The SMILES string of the molecule is COC(=O)c1ccccc1NC(=O)CN(C)S(=O)(=O)c1cc(Cl)ccc1Cl. The summed E-state index contributed by atoms with van der Waals surface area (Å²) in [5, 5.41) is 2.69. The molecule has 0 atom stereocenters. The molecule has 0 unspecified atom stereocenters. The lowest BCUT2D eigenvalue weighted by molar-refractivity contribution is -0.116. The van der Waals surface area contributed by atoms with Crippen LogP contribution >= 0.6 is 23.2 Å². The number of nitrogens with one attached hydrogen (secondary N) is 1. The van der Waals surface area contributed by atoms with Crippen molar-refractivity contribution in [3.8, 4) is 0 Å². The Morgan fingerprint density at radius 3 is 2.48 bits per heavy atom. The molecule has 0 aromatic heterocycles. The largest absolute Gasteiger partial charge is 0.465 e. The Morgan fingerprint density at radius 1 is 1.15 bits per heavy atom. The summed E-state index contributed by atoms with van der Waals surface area (Å²) in [6, 6.07) is 10.2. The van der Waals surface area contributed by atoms with E-state index in [1.807, 2.05) is 0 Å². The fourth-order valence-electron chi connectivity index (χ4n) is 2.20. The van der Waals surface area contributed by atoms with E-state index in [2.05, 4.69) is 10.1 Å². The molecule has 7 nitrogen and oxygen atoms in total. The Hall–Kier alpha value is -2.13. The molecule has 0 aliphatic carbocycles. The third-order valence-electron chi connectivity index (χ3n) is 3.55. The maximum absolute atomic E-state index is 12.6. The van der Waals surface area contributed by atoms with Crippen LogP contribution < -0.4 is 5.32 Å². The van der Waals surface area contributed by atoms with Gasteiger partial charge in [0, 0.05) is 12.1 Å². The lowest BCUT2D eigenvalue weighted by Gasteiger charge is -2.18. The number of ether oxygens (including phenoxy) is 1. The number of amides is 1. The number of rotatable bonds is 6. The van der Waals surface area contributed by atoms with E-state index in [-0.39, 0.29) is 26.2 Å². The number of anilines is 1. The highest BCUT2D eigenvalue weighted by Crippen LogP contribution is 2.27. The van der Waals surface area contributed by atoms with E-state index in [4.69, 9.17) is 23.2 Å². The number of methoxy groups -OCH3 is 1. The average molecular weight is 431 g/mol. The summed E-state index contributed by atoms with van der Waals surface area (Å²) in [6.45, 7) is -0.499. The molecule has 0 radical (unpaired) electrons. The van der Waals surface area contributed by atoms with Crippen LogP contribution in [0.25, 0.3) is 0 Å². The number of hydrogen-bond acceptors (Lipinski definition) is 5. The van der Waals surface area contributed by atoms with Crippen molar-refractivity contribution in [3.05, 3.63) is 58.1 Å². The van der Waals surface area contributed by atoms with Crippen LogP contribution in [0.15, 0.2) is 47.4 Å². The second-order valence-corrected chi connectivity index (χ2v) is 8.28. The van der Waals surface area contributed by atoms with Crippen molar-refractivity contribution in [3.63, 3.8) is 0 Å². The lowest BCUT2D eigenvalue weighted by Crippen LogP contribution is -2.35. The molecule has 1 N–H and O–H groups in total. The van der Waals surface area contributed by atoms with Crippen molar-refractivity contribution in [1.82, 2.24) is 4.31 Å². The molecule has 2 aromatic carbocycles. The number of para-hydroxylation sites is 1. The summed E-state index contributed by atoms with van der Waals surface area (Å²) in [5.41, 5.74) is 0.359. The van der Waals surface area contributed by atoms with Crippen LogP contribution in [0, 0.1) is 0 Å². The maximum atomic E-state index is 12.6. The van der Waals surface area contributed by atoms with E-state index in [0.29, 0.717) is 0 Å². The molecule has 27 heavy (non-hydrogen) atoms. The van der Waals surface area contributed by atoms with Gasteiger partial charge in [-0.3, -0.25) is 4.79 Å². The van der Waals surface area contributed by atoms with Gasteiger partial charge in [-0.15, -0.1) is 0 Å². The summed E-state index contributed by atoms with van der Waals surface area (Å²) in [7, 11) is -1.59. The first-order valence-electron chi connectivity index (χ1n) is 7.55. The Labute approximate surface area is 166 Å². The predicted molar refractivity (Wildman–Crippen MR) is 103 cm³/mol. The van der Waals surface area contributed by atoms with Crippen LogP contribution in [0.3, 0.4) is 0 Å². The molecule has 0 saturated heterocycles. The molecule has 0 heterocycles. The third kappa shape index (κ3) is 4.98. The molecule has 1 amide bonds. The zero-order valence-corrected chi connectivity index (χ0v) is 16.7. The number of likely N-dealkylation sites (N-methyl/N-ethyl adjacent to an activating group) is 1. The van der Waals surface area contributed by atoms with Crippen molar-refractivity contribution in [2.75, 3.05) is 26.0 Å². The van der Waals surface area contributed by atoms with E-state index in [1.165, 1.54) is 44.5 Å². The highest BCUT2D eigenvalue weighted by atomic mass is 35.5. The normalized spacial score (nSPS) is 11.3. The zero-order chi connectivity index (χ0) is 20.2. The number of halogens is 2. The number of benzene rings is 2. The third-order valence-corrected chi connectivity index (χ3v) is 6.07. The molecular formula is C17H16Cl2N2O5S. The van der Waals surface area contributed by atoms with Crippen LogP contribution in [-0.2, 0) is 19.6 Å². The number of nitrogens with zero attached hydrogens (tertiary/aromatic N) is 1. The number of carbonyl (C=O) groups is 2. The summed E-state index contributed by atoms with van der Waals surface area (Å²) < 4.78 is 30.8. The summed E-state index contributed by atoms with van der Waals surface area (Å²) in [6.07, 6.45) is 0. The Kier molecular flexibility index (Phi) is 6.83. The van der Waals surface area contributed by atoms with E-state index in [0.717, 1.165) is 4.31 Å². The van der Waals surface area contributed by atoms with Gasteiger partial charge >= 0.3 is 5.97 Å². The molecule has 0 bridgehead atoms. The van der Waals surface area contributed by atoms with Crippen LogP contribution in [0.4, 0.5) is 5.69 Å². The number of esters is 1. The van der Waals surface area contributed by atoms with Crippen molar-refractivity contribution >= 4 is 50.8 Å². The van der Waals surface area contributed by atoms with Crippen molar-refractivity contribution in [2.24, 2.45) is 0 Å². The zero-order valence-electron chi connectivity index (χ0n) is 14.4. The predicted octanol–water partition coefficient (Wildman–Crippen LogP) is 3.04. The topological polar surface area (TPSA) is 92.8 Å². The minimum absolute atomic E-state index is 0.0114. The van der Waals surface area contributed by atoms with Crippen LogP contribution in [-0.4, -0.2) is 45.3 Å². The maximum Gasteiger partial charge on any atom is 0.339 e. The van der Waals surface area contributed by atoms with Gasteiger partial charge < -0.3 is 10.1 Å². The molecule has 0 aliphatic rings. The standard InChI is InChI=1S/C17H16Cl2N2O5S/c1-21(27(24,25)15-9-11(18)7-8-13(15)19)10-16(22)20-14-6-4-3-5-12(14)17(23)26-2/h3-9H,10H2,1-2H3,(H,20,22). The first kappa shape index (κ1) is 21.2. The van der Waals surface area contributed by atoms with Crippen LogP contribution in [0.2, 0.25) is 10.0 Å². The molecule has 0 saturated carbocycles. The molecule has 144 valence electrons. The number of hydrogen-bond donors (Lipinski definition) is 1. The van der Waals surface area contributed by atoms with Gasteiger partial charge in [0.2, 0.25) is 15.9 Å². The van der Waals surface area contributed by atoms with Gasteiger partial charge in [-0.05, 0) is 30.3 Å². The Balaban J connectivity index is 2.19. The number of carbonyl (C=O) groups excluding carboxylic acids is 2. The fourth-order valence-corrected chi connectivity index (χ4v) is 4.06. The molecule has 0 fully saturated rings. The molecule has 0 aliphatic heterocycles. The fraction of sp³-hybridized carbons (Fsp3) is 0.176. The van der Waals surface area contributed by atoms with Gasteiger partial charge in [-0.25, -0.2) is 13.2 Å². The average Bonchev–Trinajstić information content (AvgIpc) is 2.63. The minimum Gasteiger partial charge on any atom is -0.465 e. The molecule has 0 spiro atoms. The molecule has 2 aromatic rings. The first-order chi connectivity index (χ1) is 12.7. The van der Waals surface area contributed by atoms with Gasteiger partial charge in [-0.1, -0.05) is 35.3 Å². The van der Waals surface area contributed by atoms with E-state index < -0.39 is 28.4 Å². The summed E-state index contributed by atoms with van der Waals surface area (Å²) >= 11 is 11.8. The molecular weight excluding hydrogens is 415 g/mol. The van der Waals surface area contributed by atoms with Crippen molar-refractivity contribution < 1.29 is 22.7 Å². The summed E-state index contributed by atoms with van der Waals surface area (Å²) in [5.74, 6) is -1.27. The second-order valence-electron chi connectivity index (χ2n) is 5.42. The minimum atomic E-state index is -4.05. The van der Waals surface area contributed by atoms with Crippen molar-refractivity contribution in [1.29, 1.82) is 0 Å². The van der Waals surface area contributed by atoms with E-state index in [1.54, 1.807) is 12.1 Å². The summed E-state index contributed by atoms with van der Waals surface area (Å²) in [4.78, 5) is 23.8. The van der Waals surface area contributed by atoms with Crippen LogP contribution in [0.5, 0.6) is 0 Å². The highest BCUT2D eigenvalue weighted by Gasteiger charge is 2.26. The lowest BCUT2D eigenvalue weighted by atomic mass is 10.2. The Bertz CT molecular complexity index is 979. The molecule has 10 heteroatoms. The van der Waals surface area contributed by atoms with Crippen molar-refractivity contribution in [2.45, 2.75) is 4.90 Å². The second kappa shape index (κ2) is 8.71. The monoisotopic (exact) mass is 430 g/mol. The van der Waals surface area contributed by atoms with Gasteiger partial charge in [0.05, 0.1) is 29.9 Å². The molecule has 2 rings (SSSR count). The van der Waals surface area contributed by atoms with Gasteiger partial charge in [0.15, 0.2) is 0 Å². The Morgan fingerprint density at radius 2 is 1.81 bits per heavy atom.